The van der Waals surface area contributed by atoms with E-state index in [0.717, 1.165) is 15.4 Å². The highest BCUT2D eigenvalue weighted by atomic mass is 32.1. The highest BCUT2D eigenvalue weighted by molar-refractivity contribution is 7.09. The lowest BCUT2D eigenvalue weighted by atomic mass is 9.96. The van der Waals surface area contributed by atoms with E-state index in [-0.39, 0.29) is 5.91 Å². The summed E-state index contributed by atoms with van der Waals surface area (Å²) < 4.78 is 2.01. The summed E-state index contributed by atoms with van der Waals surface area (Å²) in [7, 11) is 0. The van der Waals surface area contributed by atoms with Crippen molar-refractivity contribution in [2.24, 2.45) is 10.4 Å². The van der Waals surface area contributed by atoms with E-state index in [1.807, 2.05) is 38.5 Å². The van der Waals surface area contributed by atoms with Crippen LogP contribution in [0.5, 0.6) is 0 Å². The maximum absolute atomic E-state index is 12.2. The van der Waals surface area contributed by atoms with Crippen molar-refractivity contribution >= 4 is 17.2 Å². The number of benzene rings is 1. The minimum Gasteiger partial charge on any atom is -0.292 e. The van der Waals surface area contributed by atoms with Crippen LogP contribution in [0.25, 0.3) is 5.69 Å². The molecule has 2 aromatic rings. The van der Waals surface area contributed by atoms with Gasteiger partial charge in [0.05, 0.1) is 5.69 Å². The Balaban J connectivity index is 2.61. The molecule has 0 aliphatic heterocycles. The normalized spacial score (nSPS) is 12.8. The zero-order chi connectivity index (χ0) is 15.8. The van der Waals surface area contributed by atoms with Crippen molar-refractivity contribution < 1.29 is 4.79 Å². The molecule has 1 amide bonds. The van der Waals surface area contributed by atoms with E-state index < -0.39 is 5.41 Å². The van der Waals surface area contributed by atoms with Crippen LogP contribution in [0.1, 0.15) is 36.8 Å². The maximum atomic E-state index is 12.2. The number of thiazole rings is 1. The Morgan fingerprint density at radius 3 is 2.43 bits per heavy atom. The van der Waals surface area contributed by atoms with Gasteiger partial charge < -0.3 is 0 Å². The second-order valence-corrected chi connectivity index (χ2v) is 7.66. The largest absolute Gasteiger partial charge is 0.292 e. The molecule has 0 radical (unpaired) electrons. The van der Waals surface area contributed by atoms with Crippen LogP contribution in [0.3, 0.4) is 0 Å². The molecular formula is C17H22N2OS. The Morgan fingerprint density at radius 2 is 1.86 bits per heavy atom. The predicted octanol–water partition coefficient (Wildman–Crippen LogP) is 3.94. The molecule has 0 N–H and O–H groups in total. The second-order valence-electron chi connectivity index (χ2n) is 6.45. The molecule has 0 fully saturated rings. The van der Waals surface area contributed by atoms with Crippen LogP contribution in [0.15, 0.2) is 29.4 Å². The summed E-state index contributed by atoms with van der Waals surface area (Å²) in [6.45, 7) is 11.9. The fourth-order valence-electron chi connectivity index (χ4n) is 2.04. The minimum atomic E-state index is -0.460. The van der Waals surface area contributed by atoms with Gasteiger partial charge in [0.1, 0.15) is 0 Å². The fraction of sp³-hybridized carbons (Fsp3) is 0.412. The van der Waals surface area contributed by atoms with Gasteiger partial charge in [-0.3, -0.25) is 9.36 Å². The molecule has 4 heteroatoms. The summed E-state index contributed by atoms with van der Waals surface area (Å²) in [5.74, 6) is -0.0946. The standard InChI is InChI=1S/C17H22N2OS/c1-11-7-8-14(12(2)9-11)19-10-13(3)21-16(19)18-15(20)17(4,5)6/h7-10H,1-6H3/b18-16-. The molecule has 0 saturated heterocycles. The van der Waals surface area contributed by atoms with Gasteiger partial charge in [-0.1, -0.05) is 38.5 Å². The second kappa shape index (κ2) is 5.60. The number of amides is 1. The Morgan fingerprint density at radius 1 is 1.19 bits per heavy atom. The van der Waals surface area contributed by atoms with Gasteiger partial charge in [0, 0.05) is 16.5 Å². The van der Waals surface area contributed by atoms with Crippen LogP contribution in [0, 0.1) is 26.2 Å². The number of nitrogens with zero attached hydrogens (tertiary/aromatic N) is 2. The highest BCUT2D eigenvalue weighted by Crippen LogP contribution is 2.18. The molecule has 1 heterocycles. The lowest BCUT2D eigenvalue weighted by molar-refractivity contribution is -0.125. The van der Waals surface area contributed by atoms with E-state index in [2.05, 4.69) is 37.0 Å². The van der Waals surface area contributed by atoms with Crippen molar-refractivity contribution in [3.8, 4) is 5.69 Å². The highest BCUT2D eigenvalue weighted by Gasteiger charge is 2.21. The van der Waals surface area contributed by atoms with Gasteiger partial charge in [-0.15, -0.1) is 11.3 Å². The van der Waals surface area contributed by atoms with Crippen molar-refractivity contribution in [3.05, 3.63) is 45.2 Å². The van der Waals surface area contributed by atoms with E-state index in [9.17, 15) is 4.79 Å². The number of aryl methyl sites for hydroxylation is 3. The summed E-state index contributed by atoms with van der Waals surface area (Å²) in [5, 5.41) is 0. The molecule has 0 aliphatic rings. The van der Waals surface area contributed by atoms with Gasteiger partial charge in [-0.25, -0.2) is 0 Å². The SMILES string of the molecule is Cc1ccc(-n2cc(C)s/c2=N\C(=O)C(C)(C)C)c(C)c1. The first-order valence-corrected chi connectivity index (χ1v) is 7.86. The number of hydrogen-bond acceptors (Lipinski definition) is 2. The monoisotopic (exact) mass is 302 g/mol. The minimum absolute atomic E-state index is 0.0946. The van der Waals surface area contributed by atoms with E-state index in [0.29, 0.717) is 0 Å². The molecule has 1 aromatic carbocycles. The molecule has 0 spiro atoms. The summed E-state index contributed by atoms with van der Waals surface area (Å²) in [4.78, 5) is 18.4. The first kappa shape index (κ1) is 15.7. The number of aromatic nitrogens is 1. The molecule has 0 aliphatic carbocycles. The Kier molecular flexibility index (Phi) is 4.19. The van der Waals surface area contributed by atoms with Crippen LogP contribution >= 0.6 is 11.3 Å². The molecule has 0 unspecified atom stereocenters. The predicted molar refractivity (Wildman–Crippen MR) is 87.9 cm³/mol. The van der Waals surface area contributed by atoms with Crippen molar-refractivity contribution in [1.29, 1.82) is 0 Å². The third-order valence-electron chi connectivity index (χ3n) is 3.22. The molecule has 112 valence electrons. The molecule has 2 rings (SSSR count). The summed E-state index contributed by atoms with van der Waals surface area (Å²) in [6.07, 6.45) is 2.04. The number of carbonyl (C=O) groups is 1. The number of carbonyl (C=O) groups excluding carboxylic acids is 1. The van der Waals surface area contributed by atoms with Gasteiger partial charge in [0.2, 0.25) is 0 Å². The lowest BCUT2D eigenvalue weighted by Gasteiger charge is -2.12. The van der Waals surface area contributed by atoms with E-state index in [1.54, 1.807) is 11.3 Å². The molecule has 0 saturated carbocycles. The van der Waals surface area contributed by atoms with Crippen LogP contribution in [0.2, 0.25) is 0 Å². The average molecular weight is 302 g/mol. The smallest absolute Gasteiger partial charge is 0.253 e. The summed E-state index contributed by atoms with van der Waals surface area (Å²) >= 11 is 1.54. The van der Waals surface area contributed by atoms with E-state index in [4.69, 9.17) is 0 Å². The average Bonchev–Trinajstić information content (AvgIpc) is 2.69. The zero-order valence-corrected chi connectivity index (χ0v) is 14.3. The number of hydrogen-bond donors (Lipinski definition) is 0. The van der Waals surface area contributed by atoms with Gasteiger partial charge in [0.15, 0.2) is 4.80 Å². The Bertz CT molecular complexity index is 745. The Hall–Kier alpha value is -1.68. The Labute approximate surface area is 130 Å². The molecule has 3 nitrogen and oxygen atoms in total. The molecular weight excluding hydrogens is 280 g/mol. The fourth-order valence-corrected chi connectivity index (χ4v) is 2.86. The third-order valence-corrected chi connectivity index (χ3v) is 4.12. The van der Waals surface area contributed by atoms with Crippen LogP contribution in [-0.2, 0) is 4.79 Å². The van der Waals surface area contributed by atoms with Crippen molar-refractivity contribution in [1.82, 2.24) is 4.57 Å². The van der Waals surface area contributed by atoms with Crippen molar-refractivity contribution in [3.63, 3.8) is 0 Å². The van der Waals surface area contributed by atoms with Gasteiger partial charge in [-0.05, 0) is 32.4 Å². The zero-order valence-electron chi connectivity index (χ0n) is 13.5. The van der Waals surface area contributed by atoms with Crippen molar-refractivity contribution in [2.45, 2.75) is 41.5 Å². The van der Waals surface area contributed by atoms with Gasteiger partial charge in [0.25, 0.3) is 5.91 Å². The third kappa shape index (κ3) is 3.50. The van der Waals surface area contributed by atoms with Crippen LogP contribution < -0.4 is 4.80 Å². The summed E-state index contributed by atoms with van der Waals surface area (Å²) in [6, 6.07) is 6.31. The molecule has 21 heavy (non-hydrogen) atoms. The molecule has 0 bridgehead atoms. The van der Waals surface area contributed by atoms with Gasteiger partial charge in [-0.2, -0.15) is 4.99 Å². The van der Waals surface area contributed by atoms with Gasteiger partial charge >= 0.3 is 0 Å². The molecule has 1 aromatic heterocycles. The number of rotatable bonds is 1. The molecule has 0 atom stereocenters. The van der Waals surface area contributed by atoms with E-state index in [1.165, 1.54) is 11.1 Å². The first-order chi connectivity index (χ1) is 9.68. The van der Waals surface area contributed by atoms with Crippen molar-refractivity contribution in [2.75, 3.05) is 0 Å². The maximum Gasteiger partial charge on any atom is 0.253 e. The summed E-state index contributed by atoms with van der Waals surface area (Å²) in [5.41, 5.74) is 3.02. The topological polar surface area (TPSA) is 34.4 Å². The first-order valence-electron chi connectivity index (χ1n) is 7.04. The van der Waals surface area contributed by atoms with Crippen LogP contribution in [-0.4, -0.2) is 10.5 Å². The van der Waals surface area contributed by atoms with E-state index >= 15 is 0 Å². The van der Waals surface area contributed by atoms with Crippen LogP contribution in [0.4, 0.5) is 0 Å². The lowest BCUT2D eigenvalue weighted by Crippen LogP contribution is -2.23. The quantitative estimate of drug-likeness (QED) is 0.785.